The van der Waals surface area contributed by atoms with E-state index in [9.17, 15) is 0 Å². The molecule has 0 aliphatic rings. The van der Waals surface area contributed by atoms with Gasteiger partial charge in [0.2, 0.25) is 0 Å². The number of nitrogens with two attached hydrogens (primary N) is 1. The monoisotopic (exact) mass is 283 g/mol. The lowest BCUT2D eigenvalue weighted by atomic mass is 9.77. The van der Waals surface area contributed by atoms with Gasteiger partial charge < -0.3 is 10.5 Å². The quantitative estimate of drug-likeness (QED) is 0.877. The van der Waals surface area contributed by atoms with Crippen LogP contribution >= 0.6 is 0 Å². The zero-order valence-electron chi connectivity index (χ0n) is 13.2. The van der Waals surface area contributed by atoms with Gasteiger partial charge >= 0.3 is 0 Å². The fourth-order valence-electron chi connectivity index (χ4n) is 2.74. The van der Waals surface area contributed by atoms with E-state index in [2.05, 4.69) is 56.3 Å². The summed E-state index contributed by atoms with van der Waals surface area (Å²) in [5.74, 6) is 0.947. The summed E-state index contributed by atoms with van der Waals surface area (Å²) in [5, 5.41) is 0. The highest BCUT2D eigenvalue weighted by Crippen LogP contribution is 2.31. The van der Waals surface area contributed by atoms with Gasteiger partial charge in [-0.05, 0) is 35.6 Å². The highest BCUT2D eigenvalue weighted by atomic mass is 16.5. The molecule has 0 radical (unpaired) electrons. The van der Waals surface area contributed by atoms with Crippen LogP contribution in [0, 0.1) is 0 Å². The maximum absolute atomic E-state index is 6.11. The average molecular weight is 283 g/mol. The number of methoxy groups -OCH3 is 1. The zero-order valence-corrected chi connectivity index (χ0v) is 13.2. The molecule has 0 saturated carbocycles. The van der Waals surface area contributed by atoms with Crippen LogP contribution in [0.1, 0.15) is 30.5 Å². The van der Waals surface area contributed by atoms with E-state index in [0.29, 0.717) is 6.54 Å². The molecule has 2 N–H and O–H groups in total. The van der Waals surface area contributed by atoms with Gasteiger partial charge in [-0.1, -0.05) is 56.3 Å². The maximum Gasteiger partial charge on any atom is 0.122 e. The molecule has 1 atom stereocenters. The van der Waals surface area contributed by atoms with Crippen molar-refractivity contribution in [3.8, 4) is 5.75 Å². The van der Waals surface area contributed by atoms with Crippen LogP contribution in [-0.4, -0.2) is 13.7 Å². The molecule has 2 aromatic rings. The molecule has 2 nitrogen and oxygen atoms in total. The SMILES string of the molecule is CCc1ccc(OC)c(CC(C)(CN)c2ccccc2)c1. The molecular weight excluding hydrogens is 258 g/mol. The van der Waals surface area contributed by atoms with E-state index in [1.165, 1.54) is 16.7 Å². The van der Waals surface area contributed by atoms with E-state index in [1.54, 1.807) is 7.11 Å². The summed E-state index contributed by atoms with van der Waals surface area (Å²) in [6.07, 6.45) is 1.91. The topological polar surface area (TPSA) is 35.2 Å². The molecule has 112 valence electrons. The smallest absolute Gasteiger partial charge is 0.122 e. The maximum atomic E-state index is 6.11. The van der Waals surface area contributed by atoms with Crippen molar-refractivity contribution in [2.45, 2.75) is 32.1 Å². The zero-order chi connectivity index (χ0) is 15.3. The predicted octanol–water partition coefficient (Wildman–Crippen LogP) is 3.72. The van der Waals surface area contributed by atoms with Crippen LogP contribution in [0.25, 0.3) is 0 Å². The Hall–Kier alpha value is -1.80. The van der Waals surface area contributed by atoms with E-state index in [0.717, 1.165) is 18.6 Å². The summed E-state index contributed by atoms with van der Waals surface area (Å²) >= 11 is 0. The second kappa shape index (κ2) is 6.77. The van der Waals surface area contributed by atoms with Gasteiger partial charge in [-0.2, -0.15) is 0 Å². The fourth-order valence-corrected chi connectivity index (χ4v) is 2.74. The van der Waals surface area contributed by atoms with Crippen LogP contribution < -0.4 is 10.5 Å². The van der Waals surface area contributed by atoms with Gasteiger partial charge in [0.1, 0.15) is 5.75 Å². The summed E-state index contributed by atoms with van der Waals surface area (Å²) < 4.78 is 5.53. The van der Waals surface area contributed by atoms with Crippen molar-refractivity contribution < 1.29 is 4.74 Å². The Morgan fingerprint density at radius 1 is 1.10 bits per heavy atom. The second-order valence-electron chi connectivity index (χ2n) is 5.81. The van der Waals surface area contributed by atoms with Gasteiger partial charge in [-0.3, -0.25) is 0 Å². The first-order valence-corrected chi connectivity index (χ1v) is 7.54. The molecule has 0 fully saturated rings. The van der Waals surface area contributed by atoms with Crippen LogP contribution in [0.3, 0.4) is 0 Å². The first-order chi connectivity index (χ1) is 10.1. The molecule has 0 aliphatic carbocycles. The third-order valence-electron chi connectivity index (χ3n) is 4.25. The third kappa shape index (κ3) is 3.45. The Kier molecular flexibility index (Phi) is 5.03. The van der Waals surface area contributed by atoms with Gasteiger partial charge in [0, 0.05) is 12.0 Å². The molecule has 1 unspecified atom stereocenters. The number of aryl methyl sites for hydroxylation is 1. The summed E-state index contributed by atoms with van der Waals surface area (Å²) in [5.41, 5.74) is 9.86. The standard InChI is InChI=1S/C19H25NO/c1-4-15-10-11-18(21-3)16(12-15)13-19(2,14-20)17-8-6-5-7-9-17/h5-12H,4,13-14,20H2,1-3H3. The van der Waals surface area contributed by atoms with Crippen LogP contribution in [0.4, 0.5) is 0 Å². The van der Waals surface area contributed by atoms with Crippen molar-refractivity contribution in [1.29, 1.82) is 0 Å². The Morgan fingerprint density at radius 2 is 1.81 bits per heavy atom. The number of hydrogen-bond acceptors (Lipinski definition) is 2. The number of benzene rings is 2. The summed E-state index contributed by atoms with van der Waals surface area (Å²) in [4.78, 5) is 0. The van der Waals surface area contributed by atoms with Crippen molar-refractivity contribution in [2.75, 3.05) is 13.7 Å². The van der Waals surface area contributed by atoms with Crippen molar-refractivity contribution >= 4 is 0 Å². The number of hydrogen-bond donors (Lipinski definition) is 1. The molecule has 0 spiro atoms. The van der Waals surface area contributed by atoms with E-state index in [-0.39, 0.29) is 5.41 Å². The highest BCUT2D eigenvalue weighted by Gasteiger charge is 2.26. The lowest BCUT2D eigenvalue weighted by Gasteiger charge is -2.29. The average Bonchev–Trinajstić information content (AvgIpc) is 2.55. The van der Waals surface area contributed by atoms with E-state index < -0.39 is 0 Å². The number of rotatable bonds is 6. The predicted molar refractivity (Wildman–Crippen MR) is 88.9 cm³/mol. The largest absolute Gasteiger partial charge is 0.496 e. The summed E-state index contributed by atoms with van der Waals surface area (Å²) in [6, 6.07) is 16.9. The molecule has 0 aliphatic heterocycles. The van der Waals surface area contributed by atoms with E-state index in [1.807, 2.05) is 6.07 Å². The van der Waals surface area contributed by atoms with E-state index >= 15 is 0 Å². The lowest BCUT2D eigenvalue weighted by Crippen LogP contribution is -2.34. The molecule has 0 saturated heterocycles. The minimum atomic E-state index is -0.0824. The second-order valence-corrected chi connectivity index (χ2v) is 5.81. The van der Waals surface area contributed by atoms with Crippen molar-refractivity contribution in [3.63, 3.8) is 0 Å². The fraction of sp³-hybridized carbons (Fsp3) is 0.368. The lowest BCUT2D eigenvalue weighted by molar-refractivity contribution is 0.399. The van der Waals surface area contributed by atoms with Crippen LogP contribution in [0.5, 0.6) is 5.75 Å². The minimum absolute atomic E-state index is 0.0824. The molecule has 21 heavy (non-hydrogen) atoms. The molecule has 2 aromatic carbocycles. The van der Waals surface area contributed by atoms with Gasteiger partial charge in [-0.15, -0.1) is 0 Å². The molecule has 0 aromatic heterocycles. The van der Waals surface area contributed by atoms with Crippen LogP contribution in [-0.2, 0) is 18.3 Å². The third-order valence-corrected chi connectivity index (χ3v) is 4.25. The van der Waals surface area contributed by atoms with Gasteiger partial charge in [0.25, 0.3) is 0 Å². The normalized spacial score (nSPS) is 13.7. The molecule has 2 rings (SSSR count). The van der Waals surface area contributed by atoms with Gasteiger partial charge in [0.15, 0.2) is 0 Å². The van der Waals surface area contributed by atoms with Gasteiger partial charge in [0.05, 0.1) is 7.11 Å². The molecular formula is C19H25NO. The van der Waals surface area contributed by atoms with E-state index in [4.69, 9.17) is 10.5 Å². The Balaban J connectivity index is 2.38. The highest BCUT2D eigenvalue weighted by molar-refractivity contribution is 5.40. The molecule has 0 amide bonds. The van der Waals surface area contributed by atoms with Crippen LogP contribution in [0.2, 0.25) is 0 Å². The van der Waals surface area contributed by atoms with Crippen molar-refractivity contribution in [2.24, 2.45) is 5.73 Å². The van der Waals surface area contributed by atoms with Crippen molar-refractivity contribution in [1.82, 2.24) is 0 Å². The van der Waals surface area contributed by atoms with Crippen LogP contribution in [0.15, 0.2) is 48.5 Å². The summed E-state index contributed by atoms with van der Waals surface area (Å²) in [7, 11) is 1.73. The Morgan fingerprint density at radius 3 is 2.38 bits per heavy atom. The molecule has 0 bridgehead atoms. The minimum Gasteiger partial charge on any atom is -0.496 e. The molecule has 2 heteroatoms. The number of ether oxygens (including phenoxy) is 1. The first-order valence-electron chi connectivity index (χ1n) is 7.54. The first kappa shape index (κ1) is 15.6. The Labute approximate surface area is 127 Å². The van der Waals surface area contributed by atoms with Gasteiger partial charge in [-0.25, -0.2) is 0 Å². The van der Waals surface area contributed by atoms with Crippen molar-refractivity contribution in [3.05, 3.63) is 65.2 Å². The summed E-state index contributed by atoms with van der Waals surface area (Å²) in [6.45, 7) is 5.00. The Bertz CT molecular complexity index is 579. The molecule has 0 heterocycles.